The van der Waals surface area contributed by atoms with Gasteiger partial charge >= 0.3 is 0 Å². The zero-order chi connectivity index (χ0) is 14.1. The van der Waals surface area contributed by atoms with Crippen LogP contribution >= 0.6 is 34.5 Å². The highest BCUT2D eigenvalue weighted by Crippen LogP contribution is 2.33. The van der Waals surface area contributed by atoms with Crippen LogP contribution in [-0.2, 0) is 13.0 Å². The van der Waals surface area contributed by atoms with Crippen molar-refractivity contribution in [2.75, 3.05) is 13.1 Å². The Kier molecular flexibility index (Phi) is 4.34. The minimum absolute atomic E-state index is 0.120. The van der Waals surface area contributed by atoms with Crippen molar-refractivity contribution in [3.63, 3.8) is 0 Å². The molecule has 2 N–H and O–H groups in total. The Morgan fingerprint density at radius 3 is 2.95 bits per heavy atom. The molecule has 0 saturated heterocycles. The molecule has 1 aromatic heterocycles. The van der Waals surface area contributed by atoms with E-state index in [1.54, 1.807) is 0 Å². The standard InChI is InChI=1S/C15H16Cl2N2S/c16-11-1-2-13(17)12(7-11)14(8-18)19-5-3-15-10(9-19)4-6-20-15/h1-2,4,6-7,14H,3,5,8-9,18H2. The van der Waals surface area contributed by atoms with Gasteiger partial charge in [-0.1, -0.05) is 23.2 Å². The summed E-state index contributed by atoms with van der Waals surface area (Å²) in [5, 5.41) is 3.61. The third kappa shape index (κ3) is 2.74. The van der Waals surface area contributed by atoms with E-state index in [0.717, 1.165) is 30.1 Å². The maximum Gasteiger partial charge on any atom is 0.0489 e. The summed E-state index contributed by atoms with van der Waals surface area (Å²) >= 11 is 14.3. The SMILES string of the molecule is NCC(c1cc(Cl)ccc1Cl)N1CCc2sccc2C1. The van der Waals surface area contributed by atoms with Gasteiger partial charge in [0.25, 0.3) is 0 Å². The van der Waals surface area contributed by atoms with Crippen LogP contribution in [0.4, 0.5) is 0 Å². The zero-order valence-electron chi connectivity index (χ0n) is 11.0. The second kappa shape index (κ2) is 6.04. The lowest BCUT2D eigenvalue weighted by atomic mass is 10.0. The molecule has 106 valence electrons. The molecule has 2 heterocycles. The number of benzene rings is 1. The lowest BCUT2D eigenvalue weighted by molar-refractivity contribution is 0.185. The molecule has 0 amide bonds. The van der Waals surface area contributed by atoms with Crippen molar-refractivity contribution in [1.82, 2.24) is 4.90 Å². The lowest BCUT2D eigenvalue weighted by Crippen LogP contribution is -2.37. The molecule has 0 bridgehead atoms. The first-order chi connectivity index (χ1) is 9.69. The molecule has 0 radical (unpaired) electrons. The molecule has 0 saturated carbocycles. The van der Waals surface area contributed by atoms with Crippen LogP contribution in [0, 0.1) is 0 Å². The zero-order valence-corrected chi connectivity index (χ0v) is 13.3. The summed E-state index contributed by atoms with van der Waals surface area (Å²) in [5.74, 6) is 0. The van der Waals surface area contributed by atoms with Crippen LogP contribution in [0.2, 0.25) is 10.0 Å². The van der Waals surface area contributed by atoms with E-state index in [4.69, 9.17) is 28.9 Å². The largest absolute Gasteiger partial charge is 0.329 e. The molecule has 1 aliphatic heterocycles. The molecule has 20 heavy (non-hydrogen) atoms. The third-order valence-corrected chi connectivity index (χ3v) is 5.42. The van der Waals surface area contributed by atoms with Gasteiger partial charge in [-0.05, 0) is 47.2 Å². The van der Waals surface area contributed by atoms with E-state index in [9.17, 15) is 0 Å². The second-order valence-electron chi connectivity index (χ2n) is 5.01. The highest BCUT2D eigenvalue weighted by atomic mass is 35.5. The Balaban J connectivity index is 1.89. The number of hydrogen-bond donors (Lipinski definition) is 1. The van der Waals surface area contributed by atoms with Gasteiger partial charge in [0.15, 0.2) is 0 Å². The van der Waals surface area contributed by atoms with Crippen molar-refractivity contribution < 1.29 is 0 Å². The summed E-state index contributed by atoms with van der Waals surface area (Å²) in [5.41, 5.74) is 8.45. The number of thiophene rings is 1. The smallest absolute Gasteiger partial charge is 0.0489 e. The average molecular weight is 327 g/mol. The van der Waals surface area contributed by atoms with E-state index in [0.29, 0.717) is 11.6 Å². The first-order valence-electron chi connectivity index (χ1n) is 6.63. The van der Waals surface area contributed by atoms with Gasteiger partial charge in [0.2, 0.25) is 0 Å². The molecule has 1 atom stereocenters. The fraction of sp³-hybridized carbons (Fsp3) is 0.333. The first kappa shape index (κ1) is 14.4. The number of rotatable bonds is 3. The predicted molar refractivity (Wildman–Crippen MR) is 86.7 cm³/mol. The number of halogens is 2. The molecule has 5 heteroatoms. The van der Waals surface area contributed by atoms with E-state index in [1.165, 1.54) is 10.4 Å². The molecule has 0 spiro atoms. The van der Waals surface area contributed by atoms with Crippen LogP contribution in [0.5, 0.6) is 0 Å². The van der Waals surface area contributed by atoms with Gasteiger partial charge in [-0.25, -0.2) is 0 Å². The summed E-state index contributed by atoms with van der Waals surface area (Å²) in [7, 11) is 0. The van der Waals surface area contributed by atoms with Crippen molar-refractivity contribution in [2.45, 2.75) is 19.0 Å². The molecule has 1 aliphatic rings. The van der Waals surface area contributed by atoms with Gasteiger partial charge in [-0.2, -0.15) is 0 Å². The Morgan fingerprint density at radius 1 is 1.30 bits per heavy atom. The number of hydrogen-bond acceptors (Lipinski definition) is 3. The summed E-state index contributed by atoms with van der Waals surface area (Å²) < 4.78 is 0. The normalized spacial score (nSPS) is 16.9. The molecule has 0 aliphatic carbocycles. The van der Waals surface area contributed by atoms with Gasteiger partial charge in [0.05, 0.1) is 0 Å². The maximum atomic E-state index is 6.33. The van der Waals surface area contributed by atoms with E-state index in [-0.39, 0.29) is 6.04 Å². The van der Waals surface area contributed by atoms with Gasteiger partial charge in [0, 0.05) is 40.6 Å². The highest BCUT2D eigenvalue weighted by Gasteiger charge is 2.26. The van der Waals surface area contributed by atoms with E-state index < -0.39 is 0 Å². The number of fused-ring (bicyclic) bond motifs is 1. The molecule has 3 rings (SSSR count). The monoisotopic (exact) mass is 326 g/mol. The van der Waals surface area contributed by atoms with Crippen LogP contribution in [0.1, 0.15) is 22.0 Å². The van der Waals surface area contributed by atoms with Crippen molar-refractivity contribution in [2.24, 2.45) is 5.73 Å². The Morgan fingerprint density at radius 2 is 2.15 bits per heavy atom. The summed E-state index contributed by atoms with van der Waals surface area (Å²) in [4.78, 5) is 3.89. The van der Waals surface area contributed by atoms with Gasteiger partial charge in [-0.3, -0.25) is 4.90 Å². The first-order valence-corrected chi connectivity index (χ1v) is 8.27. The fourth-order valence-electron chi connectivity index (χ4n) is 2.78. The van der Waals surface area contributed by atoms with Crippen LogP contribution in [0.15, 0.2) is 29.6 Å². The van der Waals surface area contributed by atoms with Crippen LogP contribution in [0.3, 0.4) is 0 Å². The molecule has 2 aromatic rings. The Bertz CT molecular complexity index is 612. The van der Waals surface area contributed by atoms with Crippen molar-refractivity contribution >= 4 is 34.5 Å². The summed E-state index contributed by atoms with van der Waals surface area (Å²) in [6, 6.07) is 7.93. The minimum Gasteiger partial charge on any atom is -0.329 e. The van der Waals surface area contributed by atoms with Crippen LogP contribution in [0.25, 0.3) is 0 Å². The second-order valence-corrected chi connectivity index (χ2v) is 6.85. The van der Waals surface area contributed by atoms with Crippen molar-refractivity contribution in [3.8, 4) is 0 Å². The lowest BCUT2D eigenvalue weighted by Gasteiger charge is -2.34. The molecule has 0 fully saturated rings. The van der Waals surface area contributed by atoms with Crippen LogP contribution < -0.4 is 5.73 Å². The fourth-order valence-corrected chi connectivity index (χ4v) is 4.09. The summed E-state index contributed by atoms with van der Waals surface area (Å²) in [6.07, 6.45) is 1.09. The molecule has 1 unspecified atom stereocenters. The minimum atomic E-state index is 0.120. The van der Waals surface area contributed by atoms with E-state index in [1.807, 2.05) is 29.5 Å². The maximum absolute atomic E-state index is 6.33. The molecule has 1 aromatic carbocycles. The molecular weight excluding hydrogens is 311 g/mol. The average Bonchev–Trinajstić information content (AvgIpc) is 2.91. The quantitative estimate of drug-likeness (QED) is 0.919. The van der Waals surface area contributed by atoms with Crippen molar-refractivity contribution in [1.29, 1.82) is 0 Å². The van der Waals surface area contributed by atoms with E-state index >= 15 is 0 Å². The summed E-state index contributed by atoms with van der Waals surface area (Å²) in [6.45, 7) is 2.49. The molecular formula is C15H16Cl2N2S. The Hall–Kier alpha value is -0.580. The number of nitrogens with zero attached hydrogens (tertiary/aromatic N) is 1. The number of nitrogens with two attached hydrogens (primary N) is 1. The third-order valence-electron chi connectivity index (χ3n) is 3.82. The van der Waals surface area contributed by atoms with Gasteiger partial charge in [-0.15, -0.1) is 11.3 Å². The highest BCUT2D eigenvalue weighted by molar-refractivity contribution is 7.10. The van der Waals surface area contributed by atoms with Gasteiger partial charge < -0.3 is 5.73 Å². The van der Waals surface area contributed by atoms with Gasteiger partial charge in [0.1, 0.15) is 0 Å². The Labute approximate surface area is 133 Å². The predicted octanol–water partition coefficient (Wildman–Crippen LogP) is 4.11. The molecule has 2 nitrogen and oxygen atoms in total. The van der Waals surface area contributed by atoms with Crippen LogP contribution in [-0.4, -0.2) is 18.0 Å². The van der Waals surface area contributed by atoms with Crippen molar-refractivity contribution in [3.05, 3.63) is 55.7 Å². The van der Waals surface area contributed by atoms with E-state index in [2.05, 4.69) is 16.3 Å². The topological polar surface area (TPSA) is 29.3 Å².